The van der Waals surface area contributed by atoms with Crippen molar-refractivity contribution in [3.8, 4) is 11.5 Å². The van der Waals surface area contributed by atoms with Gasteiger partial charge in [-0.25, -0.2) is 4.90 Å². The van der Waals surface area contributed by atoms with Crippen LogP contribution in [0.3, 0.4) is 0 Å². The fourth-order valence-corrected chi connectivity index (χ4v) is 4.81. The first-order chi connectivity index (χ1) is 14.6. The molecule has 0 unspecified atom stereocenters. The number of halogens is 1. The molecule has 3 aliphatic rings. The summed E-state index contributed by atoms with van der Waals surface area (Å²) in [5.41, 5.74) is 1.78. The van der Waals surface area contributed by atoms with E-state index >= 15 is 0 Å². The number of amides is 2. The highest BCUT2D eigenvalue weighted by Crippen LogP contribution is 2.32. The topological polar surface area (TPSA) is 64.7 Å². The highest BCUT2D eigenvalue weighted by atomic mass is 35.5. The number of hydrogen-bond donors (Lipinski definition) is 2. The molecule has 2 saturated heterocycles. The van der Waals surface area contributed by atoms with Crippen molar-refractivity contribution in [3.63, 3.8) is 0 Å². The molecule has 3 aliphatic heterocycles. The summed E-state index contributed by atoms with van der Waals surface area (Å²) < 4.78 is 10.8. The molecule has 2 N–H and O–H groups in total. The van der Waals surface area contributed by atoms with Crippen LogP contribution in [0.1, 0.15) is 12.0 Å². The van der Waals surface area contributed by atoms with E-state index in [0.717, 1.165) is 44.2 Å². The fraction of sp³-hybridized carbons (Fsp3) is 0.364. The van der Waals surface area contributed by atoms with E-state index in [1.165, 1.54) is 20.3 Å². The van der Waals surface area contributed by atoms with Crippen LogP contribution in [0.5, 0.6) is 11.5 Å². The van der Waals surface area contributed by atoms with Gasteiger partial charge in [0.25, 0.3) is 5.91 Å². The van der Waals surface area contributed by atoms with Crippen molar-refractivity contribution < 1.29 is 28.9 Å². The van der Waals surface area contributed by atoms with Gasteiger partial charge in [0.2, 0.25) is 12.7 Å². The van der Waals surface area contributed by atoms with E-state index in [4.69, 9.17) is 21.1 Å². The van der Waals surface area contributed by atoms with E-state index in [0.29, 0.717) is 10.7 Å². The lowest BCUT2D eigenvalue weighted by molar-refractivity contribution is -1.02. The predicted octanol–water partition coefficient (Wildman–Crippen LogP) is -0.316. The second kappa shape index (κ2) is 7.91. The van der Waals surface area contributed by atoms with Crippen molar-refractivity contribution >= 4 is 29.1 Å². The molecule has 0 spiro atoms. The number of quaternary nitrogens is 2. The Bertz CT molecular complexity index is 990. The molecule has 2 aromatic rings. The molecular weight excluding hydrogens is 406 g/mol. The maximum atomic E-state index is 13.0. The van der Waals surface area contributed by atoms with Gasteiger partial charge in [0, 0.05) is 10.6 Å². The van der Waals surface area contributed by atoms with Gasteiger partial charge in [0.15, 0.2) is 17.5 Å². The van der Waals surface area contributed by atoms with E-state index in [9.17, 15) is 9.59 Å². The zero-order valence-corrected chi connectivity index (χ0v) is 17.3. The van der Waals surface area contributed by atoms with Gasteiger partial charge in [-0.05, 0) is 36.4 Å². The second-order valence-electron chi connectivity index (χ2n) is 8.08. The fourth-order valence-electron chi connectivity index (χ4n) is 4.63. The minimum atomic E-state index is -0.302. The van der Waals surface area contributed by atoms with Crippen LogP contribution in [-0.2, 0) is 16.1 Å². The first-order valence-corrected chi connectivity index (χ1v) is 10.7. The molecule has 1 atom stereocenters. The Hall–Kier alpha value is -2.61. The van der Waals surface area contributed by atoms with Crippen LogP contribution in [0.4, 0.5) is 5.69 Å². The van der Waals surface area contributed by atoms with Gasteiger partial charge >= 0.3 is 0 Å². The molecule has 30 heavy (non-hydrogen) atoms. The van der Waals surface area contributed by atoms with E-state index < -0.39 is 0 Å². The number of carbonyl (C=O) groups excluding carboxylic acids is 2. The summed E-state index contributed by atoms with van der Waals surface area (Å²) in [6.45, 7) is 4.85. The molecule has 0 aliphatic carbocycles. The third kappa shape index (κ3) is 3.64. The molecule has 0 saturated carbocycles. The average molecular weight is 430 g/mol. The number of carbonyl (C=O) groups is 2. The lowest BCUT2D eigenvalue weighted by atomic mass is 10.1. The van der Waals surface area contributed by atoms with Crippen molar-refractivity contribution in [1.82, 2.24) is 0 Å². The van der Waals surface area contributed by atoms with E-state index in [2.05, 4.69) is 12.1 Å². The summed E-state index contributed by atoms with van der Waals surface area (Å²) in [5, 5.41) is 0.518. The SMILES string of the molecule is O=C1C[C@H]([NH+]2CC[NH+](Cc3ccc4c(c3)OCO4)CC2)C(=O)N1c1cccc(Cl)c1. The van der Waals surface area contributed by atoms with Gasteiger partial charge in [0.05, 0.1) is 12.1 Å². The highest BCUT2D eigenvalue weighted by molar-refractivity contribution is 6.31. The summed E-state index contributed by atoms with van der Waals surface area (Å²) in [6.07, 6.45) is 0.262. The van der Waals surface area contributed by atoms with Gasteiger partial charge in [-0.2, -0.15) is 0 Å². The summed E-state index contributed by atoms with van der Waals surface area (Å²) in [5.74, 6) is 1.36. The highest BCUT2D eigenvalue weighted by Gasteiger charge is 2.47. The molecule has 2 amide bonds. The number of ether oxygens (including phenoxy) is 2. The van der Waals surface area contributed by atoms with Gasteiger partial charge < -0.3 is 19.3 Å². The minimum absolute atomic E-state index is 0.114. The number of nitrogens with one attached hydrogen (secondary N) is 2. The zero-order valence-electron chi connectivity index (χ0n) is 16.5. The van der Waals surface area contributed by atoms with Gasteiger partial charge in [0.1, 0.15) is 32.7 Å². The number of piperazine rings is 1. The van der Waals surface area contributed by atoms with E-state index in [-0.39, 0.29) is 31.1 Å². The molecule has 0 radical (unpaired) electrons. The maximum absolute atomic E-state index is 13.0. The Balaban J connectivity index is 1.20. The van der Waals surface area contributed by atoms with Gasteiger partial charge in [-0.1, -0.05) is 17.7 Å². The number of imide groups is 1. The Morgan fingerprint density at radius 3 is 2.60 bits per heavy atom. The van der Waals surface area contributed by atoms with Crippen LogP contribution >= 0.6 is 11.6 Å². The Kier molecular flexibility index (Phi) is 5.10. The van der Waals surface area contributed by atoms with Crippen LogP contribution in [-0.4, -0.2) is 50.8 Å². The molecule has 156 valence electrons. The molecule has 2 fully saturated rings. The molecule has 2 aromatic carbocycles. The lowest BCUT2D eigenvalue weighted by Gasteiger charge is -2.32. The van der Waals surface area contributed by atoms with Crippen molar-refractivity contribution in [2.45, 2.75) is 19.0 Å². The number of rotatable bonds is 4. The van der Waals surface area contributed by atoms with Crippen molar-refractivity contribution in [1.29, 1.82) is 0 Å². The molecule has 7 nitrogen and oxygen atoms in total. The van der Waals surface area contributed by atoms with Crippen LogP contribution in [0.15, 0.2) is 42.5 Å². The molecule has 8 heteroatoms. The first kappa shape index (κ1) is 19.4. The standard InChI is InChI=1S/C22H22ClN3O4/c23-16-2-1-3-17(11-16)26-21(27)12-18(22(26)28)25-8-6-24(7-9-25)13-15-4-5-19-20(10-15)30-14-29-19/h1-5,10-11,18H,6-9,12-14H2/p+2/t18-/m0/s1. The molecule has 0 aromatic heterocycles. The van der Waals surface area contributed by atoms with Crippen molar-refractivity contribution in [3.05, 3.63) is 53.1 Å². The van der Waals surface area contributed by atoms with Gasteiger partial charge in [-0.15, -0.1) is 0 Å². The summed E-state index contributed by atoms with van der Waals surface area (Å²) in [7, 11) is 0. The number of hydrogen-bond acceptors (Lipinski definition) is 4. The normalized spacial score (nSPS) is 25.8. The maximum Gasteiger partial charge on any atom is 0.292 e. The summed E-state index contributed by atoms with van der Waals surface area (Å²) in [4.78, 5) is 29.6. The zero-order chi connectivity index (χ0) is 20.7. The number of fused-ring (bicyclic) bond motifs is 1. The first-order valence-electron chi connectivity index (χ1n) is 10.3. The third-order valence-electron chi connectivity index (χ3n) is 6.20. The smallest absolute Gasteiger partial charge is 0.292 e. The quantitative estimate of drug-likeness (QED) is 0.654. The molecule has 3 heterocycles. The monoisotopic (exact) mass is 429 g/mol. The molecule has 5 rings (SSSR count). The Morgan fingerprint density at radius 2 is 1.80 bits per heavy atom. The van der Waals surface area contributed by atoms with Crippen molar-refractivity contribution in [2.24, 2.45) is 0 Å². The van der Waals surface area contributed by atoms with E-state index in [1.54, 1.807) is 24.3 Å². The van der Waals surface area contributed by atoms with Crippen LogP contribution in [0.2, 0.25) is 5.02 Å². The van der Waals surface area contributed by atoms with Crippen molar-refractivity contribution in [2.75, 3.05) is 37.9 Å². The summed E-state index contributed by atoms with van der Waals surface area (Å²) >= 11 is 6.05. The largest absolute Gasteiger partial charge is 0.454 e. The molecular formula is C22H24ClN3O4+2. The van der Waals surface area contributed by atoms with Gasteiger partial charge in [-0.3, -0.25) is 9.59 Å². The predicted molar refractivity (Wildman–Crippen MR) is 110 cm³/mol. The number of anilines is 1. The third-order valence-corrected chi connectivity index (χ3v) is 6.43. The Labute approximate surface area is 179 Å². The van der Waals surface area contributed by atoms with E-state index in [1.807, 2.05) is 6.07 Å². The van der Waals surface area contributed by atoms with Crippen LogP contribution in [0.25, 0.3) is 0 Å². The minimum Gasteiger partial charge on any atom is -0.454 e. The molecule has 0 bridgehead atoms. The summed E-state index contributed by atoms with van der Waals surface area (Å²) in [6, 6.07) is 12.7. The number of benzene rings is 2. The van der Waals surface area contributed by atoms with Crippen LogP contribution in [0, 0.1) is 0 Å². The number of nitrogens with zero attached hydrogens (tertiary/aromatic N) is 1. The lowest BCUT2D eigenvalue weighted by Crippen LogP contribution is -3.29. The Morgan fingerprint density at radius 1 is 1.00 bits per heavy atom. The van der Waals surface area contributed by atoms with Crippen LogP contribution < -0.4 is 24.2 Å². The average Bonchev–Trinajstić information content (AvgIpc) is 3.32. The second-order valence-corrected chi connectivity index (χ2v) is 8.51.